The number of carbonyl (C=O) groups is 1. The van der Waals surface area contributed by atoms with Gasteiger partial charge in [0.05, 0.1) is 7.11 Å². The topological polar surface area (TPSA) is 55.6 Å². The number of benzene rings is 1. The fraction of sp³-hybridized carbons (Fsp3) is 0.588. The van der Waals surface area contributed by atoms with E-state index in [1.165, 1.54) is 43.2 Å². The van der Waals surface area contributed by atoms with E-state index < -0.39 is 6.04 Å². The number of aryl methyl sites for hydroxylation is 2. The smallest absolute Gasteiger partial charge is 0.322 e. The van der Waals surface area contributed by atoms with Crippen molar-refractivity contribution < 1.29 is 9.53 Å². The van der Waals surface area contributed by atoms with E-state index in [1.807, 2.05) is 0 Å². The number of nitrogens with two attached hydrogens (primary N) is 1. The number of anilines is 1. The molecule has 4 heteroatoms. The van der Waals surface area contributed by atoms with Gasteiger partial charge in [-0.25, -0.2) is 0 Å². The van der Waals surface area contributed by atoms with E-state index in [9.17, 15) is 4.79 Å². The van der Waals surface area contributed by atoms with E-state index >= 15 is 0 Å². The summed E-state index contributed by atoms with van der Waals surface area (Å²) in [6, 6.07) is 3.85. The molecule has 0 aliphatic carbocycles. The lowest BCUT2D eigenvalue weighted by Gasteiger charge is -2.30. The number of piperidine rings is 1. The minimum absolute atomic E-state index is 0.353. The van der Waals surface area contributed by atoms with Crippen molar-refractivity contribution >= 4 is 11.7 Å². The van der Waals surface area contributed by atoms with Crippen molar-refractivity contribution in [3.8, 4) is 0 Å². The molecule has 1 aromatic carbocycles. The minimum Gasteiger partial charge on any atom is -0.468 e. The Morgan fingerprint density at radius 1 is 1.24 bits per heavy atom. The monoisotopic (exact) mass is 290 g/mol. The number of esters is 1. The van der Waals surface area contributed by atoms with Crippen molar-refractivity contribution in [2.75, 3.05) is 25.1 Å². The van der Waals surface area contributed by atoms with Crippen LogP contribution in [-0.2, 0) is 16.0 Å². The van der Waals surface area contributed by atoms with Crippen LogP contribution in [-0.4, -0.2) is 32.2 Å². The molecule has 1 aliphatic rings. The summed E-state index contributed by atoms with van der Waals surface area (Å²) in [7, 11) is 1.38. The Hall–Kier alpha value is -1.55. The number of hydrogen-bond donors (Lipinski definition) is 1. The number of methoxy groups -OCH3 is 1. The zero-order valence-electron chi connectivity index (χ0n) is 13.3. The Morgan fingerprint density at radius 3 is 2.33 bits per heavy atom. The van der Waals surface area contributed by atoms with Crippen LogP contribution in [0.15, 0.2) is 12.1 Å². The van der Waals surface area contributed by atoms with E-state index in [1.54, 1.807) is 0 Å². The molecule has 0 radical (unpaired) electrons. The normalized spacial score (nSPS) is 16.7. The van der Waals surface area contributed by atoms with Crippen LogP contribution < -0.4 is 10.6 Å². The Bertz CT molecular complexity index is 485. The van der Waals surface area contributed by atoms with Crippen molar-refractivity contribution in [3.63, 3.8) is 0 Å². The van der Waals surface area contributed by atoms with E-state index in [4.69, 9.17) is 10.5 Å². The van der Waals surface area contributed by atoms with Gasteiger partial charge in [0.15, 0.2) is 0 Å². The average molecular weight is 290 g/mol. The van der Waals surface area contributed by atoms with Crippen molar-refractivity contribution in [3.05, 3.63) is 28.8 Å². The lowest BCUT2D eigenvalue weighted by molar-refractivity contribution is -0.142. The predicted octanol–water partition coefficient (Wildman–Crippen LogP) is 2.34. The molecule has 2 rings (SSSR count). The molecule has 1 fully saturated rings. The van der Waals surface area contributed by atoms with Crippen molar-refractivity contribution in [2.45, 2.75) is 45.6 Å². The Kier molecular flexibility index (Phi) is 5.23. The van der Waals surface area contributed by atoms with Gasteiger partial charge in [0.25, 0.3) is 0 Å². The number of hydrogen-bond acceptors (Lipinski definition) is 4. The molecule has 1 aromatic rings. The standard InChI is InChI=1S/C17H26N2O2/c1-12-9-14(19-7-5-4-6-8-19)10-13(2)15(12)11-16(18)17(20)21-3/h9-10,16H,4-8,11,18H2,1-3H3. The highest BCUT2D eigenvalue weighted by molar-refractivity contribution is 5.76. The first-order valence-corrected chi connectivity index (χ1v) is 7.71. The highest BCUT2D eigenvalue weighted by Crippen LogP contribution is 2.26. The zero-order valence-corrected chi connectivity index (χ0v) is 13.3. The maximum Gasteiger partial charge on any atom is 0.322 e. The summed E-state index contributed by atoms with van der Waals surface area (Å²) in [4.78, 5) is 13.9. The van der Waals surface area contributed by atoms with Crippen LogP contribution in [0.25, 0.3) is 0 Å². The third-order valence-electron chi connectivity index (χ3n) is 4.33. The van der Waals surface area contributed by atoms with Gasteiger partial charge in [-0.15, -0.1) is 0 Å². The first-order chi connectivity index (χ1) is 10.0. The second kappa shape index (κ2) is 6.94. The SMILES string of the molecule is COC(=O)C(N)Cc1c(C)cc(N2CCCCC2)cc1C. The highest BCUT2D eigenvalue weighted by Gasteiger charge is 2.18. The second-order valence-corrected chi connectivity index (χ2v) is 5.94. The molecule has 2 N–H and O–H groups in total. The van der Waals surface area contributed by atoms with Crippen molar-refractivity contribution in [1.29, 1.82) is 0 Å². The summed E-state index contributed by atoms with van der Waals surface area (Å²) < 4.78 is 4.71. The number of ether oxygens (including phenoxy) is 1. The molecule has 0 saturated carbocycles. The van der Waals surface area contributed by atoms with Crippen LogP contribution in [0.1, 0.15) is 36.0 Å². The molecule has 0 spiro atoms. The molecule has 1 atom stereocenters. The molecule has 4 nitrogen and oxygen atoms in total. The highest BCUT2D eigenvalue weighted by atomic mass is 16.5. The molecule has 1 aliphatic heterocycles. The summed E-state index contributed by atoms with van der Waals surface area (Å²) in [5, 5.41) is 0. The first kappa shape index (κ1) is 15.8. The van der Waals surface area contributed by atoms with Crippen molar-refractivity contribution in [1.82, 2.24) is 0 Å². The molecule has 0 amide bonds. The summed E-state index contributed by atoms with van der Waals surface area (Å²) in [6.07, 6.45) is 4.41. The van der Waals surface area contributed by atoms with E-state index in [0.717, 1.165) is 18.7 Å². The second-order valence-electron chi connectivity index (χ2n) is 5.94. The van der Waals surface area contributed by atoms with E-state index in [2.05, 4.69) is 30.9 Å². The lowest BCUT2D eigenvalue weighted by atomic mass is 9.95. The van der Waals surface area contributed by atoms with Gasteiger partial charge in [0.1, 0.15) is 6.04 Å². The number of carbonyl (C=O) groups excluding carboxylic acids is 1. The fourth-order valence-corrected chi connectivity index (χ4v) is 3.08. The van der Waals surface area contributed by atoms with Gasteiger partial charge in [0, 0.05) is 18.8 Å². The van der Waals surface area contributed by atoms with Gasteiger partial charge in [-0.1, -0.05) is 0 Å². The Balaban J connectivity index is 2.18. The summed E-state index contributed by atoms with van der Waals surface area (Å²) in [5.41, 5.74) is 10.8. The van der Waals surface area contributed by atoms with Crippen molar-refractivity contribution in [2.24, 2.45) is 5.73 Å². The van der Waals surface area contributed by atoms with Gasteiger partial charge in [-0.2, -0.15) is 0 Å². The van der Waals surface area contributed by atoms with E-state index in [0.29, 0.717) is 6.42 Å². The number of rotatable bonds is 4. The summed E-state index contributed by atoms with van der Waals surface area (Å²) in [6.45, 7) is 6.47. The van der Waals surface area contributed by atoms with Gasteiger partial charge in [-0.05, 0) is 68.4 Å². The summed E-state index contributed by atoms with van der Waals surface area (Å²) >= 11 is 0. The Morgan fingerprint density at radius 2 is 1.81 bits per heavy atom. The van der Waals surface area contributed by atoms with Crippen LogP contribution in [0.2, 0.25) is 0 Å². The van der Waals surface area contributed by atoms with Crippen LogP contribution >= 0.6 is 0 Å². The van der Waals surface area contributed by atoms with Gasteiger partial charge >= 0.3 is 5.97 Å². The van der Waals surface area contributed by atoms with Gasteiger partial charge < -0.3 is 15.4 Å². The maximum atomic E-state index is 11.5. The predicted molar refractivity (Wildman–Crippen MR) is 85.7 cm³/mol. The average Bonchev–Trinajstić information content (AvgIpc) is 2.50. The summed E-state index contributed by atoms with van der Waals surface area (Å²) in [5.74, 6) is -0.353. The third kappa shape index (κ3) is 3.76. The minimum atomic E-state index is -0.590. The molecular formula is C17H26N2O2. The van der Waals surface area contributed by atoms with Crippen LogP contribution in [0, 0.1) is 13.8 Å². The molecule has 1 heterocycles. The van der Waals surface area contributed by atoms with Crippen LogP contribution in [0.4, 0.5) is 5.69 Å². The molecule has 21 heavy (non-hydrogen) atoms. The first-order valence-electron chi connectivity index (χ1n) is 7.71. The van der Waals surface area contributed by atoms with E-state index in [-0.39, 0.29) is 5.97 Å². The van der Waals surface area contributed by atoms with Gasteiger partial charge in [-0.3, -0.25) is 4.79 Å². The molecule has 1 saturated heterocycles. The molecule has 1 unspecified atom stereocenters. The quantitative estimate of drug-likeness (QED) is 0.865. The molecule has 0 aromatic heterocycles. The van der Waals surface area contributed by atoms with Crippen LogP contribution in [0.5, 0.6) is 0 Å². The Labute approximate surface area is 127 Å². The molecule has 116 valence electrons. The lowest BCUT2D eigenvalue weighted by Crippen LogP contribution is -2.34. The number of nitrogens with zero attached hydrogens (tertiary/aromatic N) is 1. The van der Waals surface area contributed by atoms with Crippen LogP contribution in [0.3, 0.4) is 0 Å². The molecular weight excluding hydrogens is 264 g/mol. The van der Waals surface area contributed by atoms with Gasteiger partial charge in [0.2, 0.25) is 0 Å². The zero-order chi connectivity index (χ0) is 15.4. The third-order valence-corrected chi connectivity index (χ3v) is 4.33. The largest absolute Gasteiger partial charge is 0.468 e. The fourth-order valence-electron chi connectivity index (χ4n) is 3.08. The molecule has 0 bridgehead atoms. The maximum absolute atomic E-state index is 11.5.